The van der Waals surface area contributed by atoms with Crippen LogP contribution in [0.25, 0.3) is 0 Å². The van der Waals surface area contributed by atoms with Crippen molar-refractivity contribution in [2.24, 2.45) is 0 Å². The lowest BCUT2D eigenvalue weighted by Crippen LogP contribution is -2.33. The van der Waals surface area contributed by atoms with Gasteiger partial charge in [0.1, 0.15) is 4.90 Å². The highest BCUT2D eigenvalue weighted by Crippen LogP contribution is 2.19. The number of rotatable bonds is 3. The second-order valence-corrected chi connectivity index (χ2v) is 5.79. The van der Waals surface area contributed by atoms with Gasteiger partial charge in [0.15, 0.2) is 0 Å². The number of methoxy groups -OCH3 is 1. The van der Waals surface area contributed by atoms with Crippen LogP contribution in [0.4, 0.5) is 0 Å². The van der Waals surface area contributed by atoms with Crippen molar-refractivity contribution in [3.63, 3.8) is 0 Å². The quantitative estimate of drug-likeness (QED) is 0.813. The number of H-pyrrole nitrogens is 1. The number of hydrogen-bond acceptors (Lipinski definition) is 4. The third-order valence-electron chi connectivity index (χ3n) is 2.85. The van der Waals surface area contributed by atoms with Crippen LogP contribution in [0.5, 0.6) is 0 Å². The molecule has 1 atom stereocenters. The van der Waals surface area contributed by atoms with E-state index in [1.165, 1.54) is 22.8 Å². The minimum atomic E-state index is -3.70. The molecule has 0 spiro atoms. The highest BCUT2D eigenvalue weighted by molar-refractivity contribution is 7.89. The molecule has 0 aromatic carbocycles. The summed E-state index contributed by atoms with van der Waals surface area (Å²) in [6.45, 7) is 0.683. The SMILES string of the molecule is COC1CCN(S(=O)(=O)c2c[nH]ccc2=O)C1. The van der Waals surface area contributed by atoms with Gasteiger partial charge in [-0.1, -0.05) is 0 Å². The number of ether oxygens (including phenoxy) is 1. The molecule has 0 saturated carbocycles. The van der Waals surface area contributed by atoms with Gasteiger partial charge in [0, 0.05) is 38.7 Å². The number of hydrogen-bond donors (Lipinski definition) is 1. The van der Waals surface area contributed by atoms with Crippen LogP contribution in [-0.2, 0) is 14.8 Å². The van der Waals surface area contributed by atoms with E-state index in [4.69, 9.17) is 4.74 Å². The van der Waals surface area contributed by atoms with Crippen molar-refractivity contribution in [3.05, 3.63) is 28.7 Å². The maximum Gasteiger partial charge on any atom is 0.248 e. The maximum absolute atomic E-state index is 12.2. The Bertz CT molecular complexity index is 551. The van der Waals surface area contributed by atoms with Gasteiger partial charge in [0.25, 0.3) is 0 Å². The minimum absolute atomic E-state index is 0.0902. The summed E-state index contributed by atoms with van der Waals surface area (Å²) in [7, 11) is -2.15. The lowest BCUT2D eigenvalue weighted by Gasteiger charge is -2.15. The molecule has 6 nitrogen and oxygen atoms in total. The van der Waals surface area contributed by atoms with Gasteiger partial charge in [0.05, 0.1) is 6.10 Å². The summed E-state index contributed by atoms with van der Waals surface area (Å²) >= 11 is 0. The van der Waals surface area contributed by atoms with Gasteiger partial charge in [-0.2, -0.15) is 4.31 Å². The average molecular weight is 258 g/mol. The molecule has 2 rings (SSSR count). The summed E-state index contributed by atoms with van der Waals surface area (Å²) in [5, 5.41) is 0. The molecule has 0 radical (unpaired) electrons. The normalized spacial score (nSPS) is 21.8. The Morgan fingerprint density at radius 3 is 2.88 bits per heavy atom. The number of nitrogens with one attached hydrogen (secondary N) is 1. The van der Waals surface area contributed by atoms with Crippen molar-refractivity contribution in [2.45, 2.75) is 17.4 Å². The second-order valence-electron chi connectivity index (χ2n) is 3.88. The van der Waals surface area contributed by atoms with Gasteiger partial charge in [-0.05, 0) is 6.42 Å². The van der Waals surface area contributed by atoms with Crippen molar-refractivity contribution in [1.29, 1.82) is 0 Å². The first-order chi connectivity index (χ1) is 8.05. The largest absolute Gasteiger partial charge is 0.380 e. The summed E-state index contributed by atoms with van der Waals surface area (Å²) in [4.78, 5) is 13.9. The number of pyridine rings is 1. The molecule has 0 amide bonds. The second kappa shape index (κ2) is 4.59. The van der Waals surface area contributed by atoms with Gasteiger partial charge in [-0.25, -0.2) is 8.42 Å². The van der Waals surface area contributed by atoms with Crippen LogP contribution in [0.15, 0.2) is 28.2 Å². The molecule has 0 bridgehead atoms. The van der Waals surface area contributed by atoms with Crippen LogP contribution < -0.4 is 5.43 Å². The molecule has 1 aromatic rings. The van der Waals surface area contributed by atoms with Crippen molar-refractivity contribution < 1.29 is 13.2 Å². The predicted octanol–water partition coefficient (Wildman–Crippen LogP) is -0.216. The summed E-state index contributed by atoms with van der Waals surface area (Å²) in [6.07, 6.45) is 3.19. The molecule has 2 heterocycles. The monoisotopic (exact) mass is 258 g/mol. The Balaban J connectivity index is 2.33. The molecule has 1 aliphatic rings. The minimum Gasteiger partial charge on any atom is -0.380 e. The first kappa shape index (κ1) is 12.3. The Kier molecular flexibility index (Phi) is 3.32. The zero-order chi connectivity index (χ0) is 12.5. The molecule has 1 fully saturated rings. The first-order valence-corrected chi connectivity index (χ1v) is 6.70. The van der Waals surface area contributed by atoms with Crippen LogP contribution in [0.1, 0.15) is 6.42 Å². The predicted molar refractivity (Wildman–Crippen MR) is 61.2 cm³/mol. The average Bonchev–Trinajstić information content (AvgIpc) is 2.78. The Hall–Kier alpha value is -1.18. The van der Waals surface area contributed by atoms with E-state index in [1.54, 1.807) is 7.11 Å². The van der Waals surface area contributed by atoms with Gasteiger partial charge < -0.3 is 9.72 Å². The Labute approximate surface area is 99.3 Å². The van der Waals surface area contributed by atoms with E-state index in [2.05, 4.69) is 4.98 Å². The van der Waals surface area contributed by atoms with Crippen molar-refractivity contribution >= 4 is 10.0 Å². The molecule has 1 aliphatic heterocycles. The smallest absolute Gasteiger partial charge is 0.248 e. The molecular formula is C10H14N2O4S. The third kappa shape index (κ3) is 2.26. The van der Waals surface area contributed by atoms with Crippen LogP contribution in [-0.4, -0.2) is 44.0 Å². The molecule has 1 saturated heterocycles. The first-order valence-electron chi connectivity index (χ1n) is 5.26. The summed E-state index contributed by atoms with van der Waals surface area (Å²) < 4.78 is 30.7. The third-order valence-corrected chi connectivity index (χ3v) is 4.73. The number of aromatic nitrogens is 1. The van der Waals surface area contributed by atoms with Crippen LogP contribution in [0, 0.1) is 0 Å². The van der Waals surface area contributed by atoms with Gasteiger partial charge in [-0.3, -0.25) is 4.79 Å². The van der Waals surface area contributed by atoms with Crippen LogP contribution in [0.2, 0.25) is 0 Å². The molecule has 1 unspecified atom stereocenters. The lowest BCUT2D eigenvalue weighted by molar-refractivity contribution is 0.115. The summed E-state index contributed by atoms with van der Waals surface area (Å²) in [6, 6.07) is 1.21. The molecule has 94 valence electrons. The fourth-order valence-electron chi connectivity index (χ4n) is 1.85. The standard InChI is InChI=1S/C10H14N2O4S/c1-16-8-3-5-12(7-8)17(14,15)10-6-11-4-2-9(10)13/h2,4,6,8H,3,5,7H2,1H3,(H,11,13). The molecule has 1 aromatic heterocycles. The molecule has 17 heavy (non-hydrogen) atoms. The van der Waals surface area contributed by atoms with Crippen molar-refractivity contribution in [1.82, 2.24) is 9.29 Å². The molecular weight excluding hydrogens is 244 g/mol. The molecule has 0 aliphatic carbocycles. The molecule has 1 N–H and O–H groups in total. The van der Waals surface area contributed by atoms with Crippen LogP contribution >= 0.6 is 0 Å². The van der Waals surface area contributed by atoms with Crippen molar-refractivity contribution in [3.8, 4) is 0 Å². The van der Waals surface area contributed by atoms with E-state index < -0.39 is 15.5 Å². The zero-order valence-electron chi connectivity index (χ0n) is 9.42. The van der Waals surface area contributed by atoms with Crippen molar-refractivity contribution in [2.75, 3.05) is 20.2 Å². The van der Waals surface area contributed by atoms with E-state index in [0.717, 1.165) is 0 Å². The highest BCUT2D eigenvalue weighted by Gasteiger charge is 2.33. The number of sulfonamides is 1. The van der Waals surface area contributed by atoms with Gasteiger partial charge in [0.2, 0.25) is 15.5 Å². The van der Waals surface area contributed by atoms with E-state index in [9.17, 15) is 13.2 Å². The van der Waals surface area contributed by atoms with Gasteiger partial charge in [-0.15, -0.1) is 0 Å². The number of nitrogens with zero attached hydrogens (tertiary/aromatic N) is 1. The van der Waals surface area contributed by atoms with E-state index in [1.807, 2.05) is 0 Å². The fraction of sp³-hybridized carbons (Fsp3) is 0.500. The zero-order valence-corrected chi connectivity index (χ0v) is 10.2. The Morgan fingerprint density at radius 2 is 2.29 bits per heavy atom. The van der Waals surface area contributed by atoms with E-state index >= 15 is 0 Å². The summed E-state index contributed by atoms with van der Waals surface area (Å²) in [5.74, 6) is 0. The van der Waals surface area contributed by atoms with Crippen LogP contribution in [0.3, 0.4) is 0 Å². The molecule has 7 heteroatoms. The van der Waals surface area contributed by atoms with E-state index in [-0.39, 0.29) is 11.0 Å². The number of aromatic amines is 1. The maximum atomic E-state index is 12.2. The van der Waals surface area contributed by atoms with Gasteiger partial charge >= 0.3 is 0 Å². The fourth-order valence-corrected chi connectivity index (χ4v) is 3.38. The highest BCUT2D eigenvalue weighted by atomic mass is 32.2. The van der Waals surface area contributed by atoms with E-state index in [0.29, 0.717) is 19.5 Å². The lowest BCUT2D eigenvalue weighted by atomic mass is 10.3. The topological polar surface area (TPSA) is 79.5 Å². The summed E-state index contributed by atoms with van der Waals surface area (Å²) in [5.41, 5.74) is -0.496. The Morgan fingerprint density at radius 1 is 1.53 bits per heavy atom.